The molecular weight excluding hydrogens is 414 g/mol. The van der Waals surface area contributed by atoms with Gasteiger partial charge in [0.15, 0.2) is 0 Å². The van der Waals surface area contributed by atoms with Crippen LogP contribution in [0.15, 0.2) is 54.9 Å². The number of benzene rings is 1. The molecule has 0 radical (unpaired) electrons. The molecule has 0 bridgehead atoms. The lowest BCUT2D eigenvalue weighted by Gasteiger charge is -2.36. The van der Waals surface area contributed by atoms with Crippen LogP contribution in [0.3, 0.4) is 0 Å². The van der Waals surface area contributed by atoms with E-state index in [0.29, 0.717) is 12.5 Å². The maximum absolute atomic E-state index is 13.2. The number of carbonyl (C=O) groups excluding carboxylic acids is 2. The summed E-state index contributed by atoms with van der Waals surface area (Å²) in [6, 6.07) is 12.2. The molecule has 2 saturated heterocycles. The van der Waals surface area contributed by atoms with E-state index in [9.17, 15) is 9.59 Å². The Bertz CT molecular complexity index is 971. The summed E-state index contributed by atoms with van der Waals surface area (Å²) in [7, 11) is 0. The third kappa shape index (κ3) is 5.03. The second-order valence-electron chi connectivity index (χ2n) is 9.64. The first-order chi connectivity index (χ1) is 16.1. The highest BCUT2D eigenvalue weighted by Crippen LogP contribution is 2.60. The zero-order chi connectivity index (χ0) is 22.7. The number of carbonyl (C=O) groups is 2. The van der Waals surface area contributed by atoms with Crippen molar-refractivity contribution in [3.63, 3.8) is 0 Å². The Kier molecular flexibility index (Phi) is 6.31. The van der Waals surface area contributed by atoms with Gasteiger partial charge in [0.1, 0.15) is 6.54 Å². The summed E-state index contributed by atoms with van der Waals surface area (Å²) in [5.74, 6) is 0.616. The van der Waals surface area contributed by atoms with Gasteiger partial charge >= 0.3 is 0 Å². The molecular formula is C26H33N5O2. The fraction of sp³-hybridized carbons (Fsp3) is 0.500. The smallest absolute Gasteiger partial charge is 0.244 e. The summed E-state index contributed by atoms with van der Waals surface area (Å²) in [5.41, 5.74) is 1.36. The van der Waals surface area contributed by atoms with Crippen LogP contribution in [0.4, 0.5) is 0 Å². The molecule has 2 aliphatic heterocycles. The van der Waals surface area contributed by atoms with Gasteiger partial charge in [0.25, 0.3) is 0 Å². The van der Waals surface area contributed by atoms with Crippen LogP contribution in [-0.2, 0) is 16.1 Å². The first kappa shape index (κ1) is 21.9. The van der Waals surface area contributed by atoms with Crippen molar-refractivity contribution in [2.45, 2.75) is 25.8 Å². The van der Waals surface area contributed by atoms with Crippen molar-refractivity contribution >= 4 is 17.9 Å². The third-order valence-corrected chi connectivity index (χ3v) is 7.61. The number of hydrogen-bond donors (Lipinski definition) is 0. The van der Waals surface area contributed by atoms with Gasteiger partial charge in [0.2, 0.25) is 11.8 Å². The molecule has 2 aromatic rings. The topological polar surface area (TPSA) is 61.7 Å². The second kappa shape index (κ2) is 9.51. The third-order valence-electron chi connectivity index (χ3n) is 7.61. The fourth-order valence-electron chi connectivity index (χ4n) is 5.36. The molecule has 3 aliphatic rings. The molecule has 0 N–H and O–H groups in total. The minimum Gasteiger partial charge on any atom is -0.341 e. The van der Waals surface area contributed by atoms with Gasteiger partial charge in [-0.2, -0.15) is 5.10 Å². The van der Waals surface area contributed by atoms with Crippen molar-refractivity contribution in [1.82, 2.24) is 24.5 Å². The zero-order valence-electron chi connectivity index (χ0n) is 19.2. The maximum atomic E-state index is 13.2. The van der Waals surface area contributed by atoms with Gasteiger partial charge in [-0.1, -0.05) is 42.5 Å². The number of hydrogen-bond acceptors (Lipinski definition) is 4. The summed E-state index contributed by atoms with van der Waals surface area (Å²) in [6.07, 6.45) is 10.8. The van der Waals surface area contributed by atoms with Crippen LogP contribution in [-0.4, -0.2) is 82.1 Å². The predicted molar refractivity (Wildman–Crippen MR) is 127 cm³/mol. The highest BCUT2D eigenvalue weighted by molar-refractivity contribution is 5.83. The van der Waals surface area contributed by atoms with E-state index >= 15 is 0 Å². The largest absolute Gasteiger partial charge is 0.341 e. The predicted octanol–water partition coefficient (Wildman–Crippen LogP) is 2.37. The lowest BCUT2D eigenvalue weighted by Crippen LogP contribution is -2.49. The standard InChI is InChI=1S/C26H33N5O2/c32-24(21-31-13-5-11-27-31)29-14-9-26(10-15-29)20-23(26)25(33)30-18-16-28(17-19-30)12-4-8-22-6-2-1-3-7-22/h1-8,11,13,23H,9-10,12,14-21H2/b8-4+/t23-/m0/s1. The van der Waals surface area contributed by atoms with E-state index in [1.165, 1.54) is 5.56 Å². The van der Waals surface area contributed by atoms with Crippen LogP contribution in [0.25, 0.3) is 6.08 Å². The van der Waals surface area contributed by atoms with Crippen LogP contribution in [0, 0.1) is 11.3 Å². The van der Waals surface area contributed by atoms with Gasteiger partial charge in [-0.15, -0.1) is 0 Å². The van der Waals surface area contributed by atoms with Gasteiger partial charge in [0.05, 0.1) is 0 Å². The average molecular weight is 448 g/mol. The van der Waals surface area contributed by atoms with E-state index in [-0.39, 0.29) is 17.2 Å². The molecule has 1 aromatic heterocycles. The molecule has 174 valence electrons. The van der Waals surface area contributed by atoms with E-state index < -0.39 is 0 Å². The quantitative estimate of drug-likeness (QED) is 0.682. The van der Waals surface area contributed by atoms with Crippen LogP contribution in [0.1, 0.15) is 24.8 Å². The minimum atomic E-state index is 0.120. The van der Waals surface area contributed by atoms with Crippen LogP contribution >= 0.6 is 0 Å². The van der Waals surface area contributed by atoms with Gasteiger partial charge in [-0.05, 0) is 36.3 Å². The Balaban J connectivity index is 1.04. The Morgan fingerprint density at radius 1 is 0.970 bits per heavy atom. The summed E-state index contributed by atoms with van der Waals surface area (Å²) < 4.78 is 1.67. The molecule has 5 rings (SSSR count). The molecule has 0 unspecified atom stereocenters. The summed E-state index contributed by atoms with van der Waals surface area (Å²) >= 11 is 0. The highest BCUT2D eigenvalue weighted by atomic mass is 16.2. The summed E-state index contributed by atoms with van der Waals surface area (Å²) in [5, 5.41) is 4.13. The number of likely N-dealkylation sites (tertiary alicyclic amines) is 1. The molecule has 1 spiro atoms. The average Bonchev–Trinajstić information content (AvgIpc) is 3.28. The first-order valence-corrected chi connectivity index (χ1v) is 12.1. The van der Waals surface area contributed by atoms with E-state index in [4.69, 9.17) is 0 Å². The molecule has 1 aliphatic carbocycles. The van der Waals surface area contributed by atoms with Gasteiger partial charge in [-0.3, -0.25) is 19.2 Å². The number of rotatable bonds is 6. The van der Waals surface area contributed by atoms with Crippen molar-refractivity contribution in [3.8, 4) is 0 Å². The Morgan fingerprint density at radius 2 is 1.73 bits per heavy atom. The molecule has 3 heterocycles. The number of amides is 2. The SMILES string of the molecule is O=C(Cn1cccn1)N1CCC2(CC1)C[C@H]2C(=O)N1CCN(C/C=C/c2ccccc2)CC1. The minimum absolute atomic E-state index is 0.120. The fourth-order valence-corrected chi connectivity index (χ4v) is 5.36. The van der Waals surface area contributed by atoms with Crippen molar-refractivity contribution in [2.75, 3.05) is 45.8 Å². The van der Waals surface area contributed by atoms with Crippen molar-refractivity contribution in [1.29, 1.82) is 0 Å². The number of piperidine rings is 1. The first-order valence-electron chi connectivity index (χ1n) is 12.1. The zero-order valence-corrected chi connectivity index (χ0v) is 19.2. The van der Waals surface area contributed by atoms with E-state index in [0.717, 1.165) is 65.1 Å². The van der Waals surface area contributed by atoms with Crippen LogP contribution < -0.4 is 0 Å². The maximum Gasteiger partial charge on any atom is 0.244 e. The molecule has 33 heavy (non-hydrogen) atoms. The lowest BCUT2D eigenvalue weighted by molar-refractivity contribution is -0.136. The Morgan fingerprint density at radius 3 is 2.42 bits per heavy atom. The van der Waals surface area contributed by atoms with Gasteiger partial charge in [0, 0.05) is 64.1 Å². The number of piperazine rings is 1. The lowest BCUT2D eigenvalue weighted by atomic mass is 9.90. The van der Waals surface area contributed by atoms with Crippen LogP contribution in [0.2, 0.25) is 0 Å². The van der Waals surface area contributed by atoms with Gasteiger partial charge < -0.3 is 9.80 Å². The normalized spacial score (nSPS) is 22.7. The molecule has 2 amide bonds. The Hall–Kier alpha value is -2.93. The van der Waals surface area contributed by atoms with E-state index in [2.05, 4.69) is 51.3 Å². The van der Waals surface area contributed by atoms with Gasteiger partial charge in [-0.25, -0.2) is 0 Å². The number of nitrogens with zero attached hydrogens (tertiary/aromatic N) is 5. The highest BCUT2D eigenvalue weighted by Gasteiger charge is 2.59. The summed E-state index contributed by atoms with van der Waals surface area (Å²) in [4.78, 5) is 32.1. The molecule has 1 atom stereocenters. The molecule has 7 nitrogen and oxygen atoms in total. The van der Waals surface area contributed by atoms with E-state index in [1.807, 2.05) is 23.2 Å². The number of aromatic nitrogens is 2. The van der Waals surface area contributed by atoms with Crippen molar-refractivity contribution in [3.05, 3.63) is 60.4 Å². The Labute approximate surface area is 195 Å². The van der Waals surface area contributed by atoms with Crippen LogP contribution in [0.5, 0.6) is 0 Å². The van der Waals surface area contributed by atoms with Crippen molar-refractivity contribution in [2.24, 2.45) is 11.3 Å². The molecule has 1 saturated carbocycles. The second-order valence-corrected chi connectivity index (χ2v) is 9.64. The monoisotopic (exact) mass is 447 g/mol. The van der Waals surface area contributed by atoms with E-state index in [1.54, 1.807) is 10.9 Å². The summed E-state index contributed by atoms with van der Waals surface area (Å²) in [6.45, 7) is 6.23. The molecule has 3 fully saturated rings. The molecule has 7 heteroatoms. The van der Waals surface area contributed by atoms with Crippen molar-refractivity contribution < 1.29 is 9.59 Å². The molecule has 1 aromatic carbocycles.